The highest BCUT2D eigenvalue weighted by Crippen LogP contribution is 2.29. The first-order valence-electron chi connectivity index (χ1n) is 4.12. The van der Waals surface area contributed by atoms with E-state index in [0.717, 1.165) is 5.57 Å². The van der Waals surface area contributed by atoms with Gasteiger partial charge in [0, 0.05) is 13.5 Å². The summed E-state index contributed by atoms with van der Waals surface area (Å²) in [7, 11) is 1.57. The number of Topliss-reactive ketones (excluding diaryl/α,β-unsaturated/α-hetero) is 1. The summed E-state index contributed by atoms with van der Waals surface area (Å²) in [4.78, 5) is 11.6. The van der Waals surface area contributed by atoms with Crippen LogP contribution in [0.5, 0.6) is 0 Å². The minimum Gasteiger partial charge on any atom is -0.362 e. The van der Waals surface area contributed by atoms with Crippen molar-refractivity contribution in [3.8, 4) is 0 Å². The Kier molecular flexibility index (Phi) is 2.48. The van der Waals surface area contributed by atoms with Gasteiger partial charge in [0.15, 0.2) is 11.4 Å². The van der Waals surface area contributed by atoms with Crippen LogP contribution in [-0.2, 0) is 9.53 Å². The second-order valence-corrected chi connectivity index (χ2v) is 2.93. The molecular weight excluding hydrogens is 152 g/mol. The van der Waals surface area contributed by atoms with Crippen LogP contribution in [0.15, 0.2) is 23.8 Å². The zero-order valence-electron chi connectivity index (χ0n) is 7.76. The van der Waals surface area contributed by atoms with Crippen LogP contribution >= 0.6 is 0 Å². The van der Waals surface area contributed by atoms with Gasteiger partial charge in [-0.3, -0.25) is 4.79 Å². The molecule has 0 amide bonds. The molecule has 0 N–H and O–H groups in total. The van der Waals surface area contributed by atoms with Crippen molar-refractivity contribution in [2.45, 2.75) is 25.9 Å². The molecule has 0 aromatic rings. The van der Waals surface area contributed by atoms with Crippen molar-refractivity contribution in [3.63, 3.8) is 0 Å². The predicted octanol–water partition coefficient (Wildman–Crippen LogP) is 1.87. The highest BCUT2D eigenvalue weighted by atomic mass is 16.5. The average molecular weight is 166 g/mol. The Hall–Kier alpha value is -0.890. The Morgan fingerprint density at radius 3 is 2.67 bits per heavy atom. The highest BCUT2D eigenvalue weighted by Gasteiger charge is 2.37. The normalized spacial score (nSPS) is 27.4. The molecule has 1 unspecified atom stereocenters. The topological polar surface area (TPSA) is 26.3 Å². The molecule has 0 bridgehead atoms. The van der Waals surface area contributed by atoms with E-state index >= 15 is 0 Å². The van der Waals surface area contributed by atoms with Gasteiger partial charge in [-0.05, 0) is 18.6 Å². The molecule has 12 heavy (non-hydrogen) atoms. The summed E-state index contributed by atoms with van der Waals surface area (Å²) in [5.74, 6) is 0.118. The Bertz CT molecular complexity index is 251. The van der Waals surface area contributed by atoms with Gasteiger partial charge in [-0.25, -0.2) is 0 Å². The third kappa shape index (κ3) is 1.12. The number of carbonyl (C=O) groups excluding carboxylic acids is 1. The molecule has 0 saturated carbocycles. The van der Waals surface area contributed by atoms with E-state index in [1.807, 2.05) is 32.1 Å². The van der Waals surface area contributed by atoms with Crippen molar-refractivity contribution in [2.24, 2.45) is 0 Å². The molecule has 66 valence electrons. The van der Waals surface area contributed by atoms with Gasteiger partial charge in [0.25, 0.3) is 0 Å². The van der Waals surface area contributed by atoms with Gasteiger partial charge in [0.2, 0.25) is 0 Å². The van der Waals surface area contributed by atoms with Crippen LogP contribution in [-0.4, -0.2) is 18.5 Å². The second kappa shape index (κ2) is 3.23. The van der Waals surface area contributed by atoms with Gasteiger partial charge >= 0.3 is 0 Å². The highest BCUT2D eigenvalue weighted by molar-refractivity contribution is 5.93. The van der Waals surface area contributed by atoms with Crippen molar-refractivity contribution >= 4 is 5.78 Å². The Morgan fingerprint density at radius 2 is 2.33 bits per heavy atom. The molecule has 2 nitrogen and oxygen atoms in total. The number of hydrogen-bond donors (Lipinski definition) is 0. The van der Waals surface area contributed by atoms with Gasteiger partial charge in [-0.2, -0.15) is 0 Å². The smallest absolute Gasteiger partial charge is 0.172 e. The van der Waals surface area contributed by atoms with Crippen molar-refractivity contribution in [1.82, 2.24) is 0 Å². The minimum absolute atomic E-state index is 0.118. The van der Waals surface area contributed by atoms with Gasteiger partial charge in [0.1, 0.15) is 0 Å². The summed E-state index contributed by atoms with van der Waals surface area (Å²) in [6.07, 6.45) is 6.10. The van der Waals surface area contributed by atoms with Crippen molar-refractivity contribution in [3.05, 3.63) is 23.8 Å². The molecule has 2 heteroatoms. The third-order valence-electron chi connectivity index (χ3n) is 2.32. The van der Waals surface area contributed by atoms with E-state index in [0.29, 0.717) is 6.42 Å². The van der Waals surface area contributed by atoms with E-state index < -0.39 is 5.60 Å². The van der Waals surface area contributed by atoms with Crippen molar-refractivity contribution < 1.29 is 9.53 Å². The maximum absolute atomic E-state index is 11.6. The quantitative estimate of drug-likeness (QED) is 0.639. The van der Waals surface area contributed by atoms with E-state index in [4.69, 9.17) is 4.74 Å². The predicted molar refractivity (Wildman–Crippen MR) is 47.9 cm³/mol. The molecule has 0 heterocycles. The summed E-state index contributed by atoms with van der Waals surface area (Å²) in [5, 5.41) is 0. The Labute approximate surface area is 72.9 Å². The average Bonchev–Trinajstić information content (AvgIpc) is 2.46. The van der Waals surface area contributed by atoms with Gasteiger partial charge < -0.3 is 4.74 Å². The van der Waals surface area contributed by atoms with Crippen molar-refractivity contribution in [1.29, 1.82) is 0 Å². The number of methoxy groups -OCH3 is 1. The largest absolute Gasteiger partial charge is 0.362 e. The fourth-order valence-corrected chi connectivity index (χ4v) is 1.50. The summed E-state index contributed by atoms with van der Waals surface area (Å²) in [5.41, 5.74) is 0.214. The van der Waals surface area contributed by atoms with E-state index in [1.54, 1.807) is 7.11 Å². The molecule has 0 aliphatic heterocycles. The van der Waals surface area contributed by atoms with E-state index in [1.165, 1.54) is 0 Å². The summed E-state index contributed by atoms with van der Waals surface area (Å²) >= 11 is 0. The lowest BCUT2D eigenvalue weighted by molar-refractivity contribution is -0.132. The molecule has 1 aliphatic rings. The molecule has 1 atom stereocenters. The van der Waals surface area contributed by atoms with E-state index in [9.17, 15) is 4.79 Å². The lowest BCUT2D eigenvalue weighted by Gasteiger charge is -2.25. The maximum atomic E-state index is 11.6. The first-order chi connectivity index (χ1) is 5.67. The number of carbonyl (C=O) groups is 1. The molecule has 0 radical (unpaired) electrons. The molecule has 0 saturated heterocycles. The number of ketones is 1. The minimum atomic E-state index is -0.755. The molecule has 1 rings (SSSR count). The molecule has 0 aromatic heterocycles. The second-order valence-electron chi connectivity index (χ2n) is 2.93. The first-order valence-corrected chi connectivity index (χ1v) is 4.12. The van der Waals surface area contributed by atoms with Crippen LogP contribution in [0, 0.1) is 0 Å². The standard InChI is InChI=1S/C10H14O2/c1-4-9(11)10(12-3)7-5-6-8(10)2/h5-7H,4H2,1-3H3. The van der Waals surface area contributed by atoms with Gasteiger partial charge in [-0.1, -0.05) is 19.1 Å². The number of ether oxygens (including phenoxy) is 1. The fourth-order valence-electron chi connectivity index (χ4n) is 1.50. The molecule has 0 aromatic carbocycles. The van der Waals surface area contributed by atoms with Crippen LogP contribution < -0.4 is 0 Å². The van der Waals surface area contributed by atoms with E-state index in [2.05, 4.69) is 0 Å². The Morgan fingerprint density at radius 1 is 1.67 bits per heavy atom. The molecular formula is C10H14O2. The zero-order chi connectivity index (χ0) is 9.19. The van der Waals surface area contributed by atoms with E-state index in [-0.39, 0.29) is 5.78 Å². The first kappa shape index (κ1) is 9.20. The fraction of sp³-hybridized carbons (Fsp3) is 0.500. The summed E-state index contributed by atoms with van der Waals surface area (Å²) in [6, 6.07) is 0. The van der Waals surface area contributed by atoms with Crippen LogP contribution in [0.3, 0.4) is 0 Å². The number of allylic oxidation sites excluding steroid dienone is 2. The van der Waals surface area contributed by atoms with Crippen LogP contribution in [0.25, 0.3) is 0 Å². The van der Waals surface area contributed by atoms with Crippen molar-refractivity contribution in [2.75, 3.05) is 7.11 Å². The molecule has 0 fully saturated rings. The lowest BCUT2D eigenvalue weighted by atomic mass is 9.91. The third-order valence-corrected chi connectivity index (χ3v) is 2.32. The van der Waals surface area contributed by atoms with Crippen LogP contribution in [0.2, 0.25) is 0 Å². The van der Waals surface area contributed by atoms with Crippen LogP contribution in [0.1, 0.15) is 20.3 Å². The SMILES string of the molecule is CCC(=O)C1(OC)C=CC=C1C. The number of hydrogen-bond acceptors (Lipinski definition) is 2. The lowest BCUT2D eigenvalue weighted by Crippen LogP contribution is -2.38. The Balaban J connectivity index is 2.99. The maximum Gasteiger partial charge on any atom is 0.172 e. The molecule has 0 spiro atoms. The summed E-state index contributed by atoms with van der Waals surface area (Å²) < 4.78 is 5.26. The van der Waals surface area contributed by atoms with Gasteiger partial charge in [0.05, 0.1) is 0 Å². The number of rotatable bonds is 3. The molecule has 1 aliphatic carbocycles. The van der Waals surface area contributed by atoms with Crippen LogP contribution in [0.4, 0.5) is 0 Å². The zero-order valence-corrected chi connectivity index (χ0v) is 7.76. The summed E-state index contributed by atoms with van der Waals surface area (Å²) in [6.45, 7) is 3.76. The monoisotopic (exact) mass is 166 g/mol. The van der Waals surface area contributed by atoms with Gasteiger partial charge in [-0.15, -0.1) is 0 Å².